The van der Waals surface area contributed by atoms with Crippen molar-refractivity contribution in [3.05, 3.63) is 53.6 Å². The molecule has 0 fully saturated rings. The minimum absolute atomic E-state index is 0.440. The summed E-state index contributed by atoms with van der Waals surface area (Å²) in [6.07, 6.45) is 9.77. The highest BCUT2D eigenvalue weighted by molar-refractivity contribution is 6.83. The summed E-state index contributed by atoms with van der Waals surface area (Å²) >= 11 is 0. The predicted molar refractivity (Wildman–Crippen MR) is 94.4 cm³/mol. The molecule has 1 unspecified atom stereocenters. The molecule has 114 valence electrons. The number of ether oxygens (including phenoxy) is 1. The average Bonchev–Trinajstić information content (AvgIpc) is 2.52. The summed E-state index contributed by atoms with van der Waals surface area (Å²) in [5.74, 6) is 4.35. The van der Waals surface area contributed by atoms with Crippen LogP contribution in [0.5, 0.6) is 5.75 Å². The van der Waals surface area contributed by atoms with Crippen LogP contribution < -0.4 is 4.74 Å². The first kappa shape index (κ1) is 15.1. The van der Waals surface area contributed by atoms with E-state index in [2.05, 4.69) is 78.5 Å². The van der Waals surface area contributed by atoms with E-state index in [-0.39, 0.29) is 0 Å². The van der Waals surface area contributed by atoms with Gasteiger partial charge in [0, 0.05) is 23.7 Å². The Morgan fingerprint density at radius 3 is 2.82 bits per heavy atom. The zero-order valence-electron chi connectivity index (χ0n) is 13.6. The molecule has 3 rings (SSSR count). The Morgan fingerprint density at radius 2 is 2.09 bits per heavy atom. The summed E-state index contributed by atoms with van der Waals surface area (Å²) in [7, 11) is -1.34. The molecule has 0 aromatic heterocycles. The largest absolute Gasteiger partial charge is 0.478 e. The quantitative estimate of drug-likeness (QED) is 0.575. The molecule has 0 saturated carbocycles. The molecule has 0 spiro atoms. The van der Waals surface area contributed by atoms with Gasteiger partial charge in [-0.15, -0.1) is 5.54 Å². The molecule has 0 N–H and O–H groups in total. The molecular weight excluding hydrogens is 286 g/mol. The molecule has 3 heteroatoms. The predicted octanol–water partition coefficient (Wildman–Crippen LogP) is 3.95. The number of fused-ring (bicyclic) bond motifs is 1. The number of allylic oxidation sites excluding steroid dienone is 2. The Labute approximate surface area is 134 Å². The van der Waals surface area contributed by atoms with Crippen LogP contribution in [0.4, 0.5) is 0 Å². The van der Waals surface area contributed by atoms with Crippen molar-refractivity contribution in [3.63, 3.8) is 0 Å². The molecule has 1 aromatic rings. The maximum Gasteiger partial charge on any atom is 0.142 e. The van der Waals surface area contributed by atoms with E-state index in [9.17, 15) is 0 Å². The molecule has 1 aliphatic carbocycles. The molecule has 0 bridgehead atoms. The van der Waals surface area contributed by atoms with Crippen molar-refractivity contribution in [2.24, 2.45) is 0 Å². The number of hydrogen-bond donors (Lipinski definition) is 0. The summed E-state index contributed by atoms with van der Waals surface area (Å²) in [4.78, 5) is 2.37. The zero-order valence-corrected chi connectivity index (χ0v) is 14.6. The summed E-state index contributed by atoms with van der Waals surface area (Å²) in [5.41, 5.74) is 5.78. The van der Waals surface area contributed by atoms with Crippen molar-refractivity contribution in [3.8, 4) is 17.2 Å². The Kier molecular flexibility index (Phi) is 4.24. The van der Waals surface area contributed by atoms with Crippen LogP contribution in [0.15, 0.2) is 42.5 Å². The normalized spacial score (nSPS) is 20.8. The molecule has 2 aliphatic rings. The Bertz CT molecular complexity index is 673. The van der Waals surface area contributed by atoms with Crippen molar-refractivity contribution in [2.45, 2.75) is 38.6 Å². The molecule has 2 nitrogen and oxygen atoms in total. The van der Waals surface area contributed by atoms with E-state index in [0.29, 0.717) is 12.8 Å². The SMILES string of the molecule is C[Si](C)(C)C#Cc1ccc2c(c1)CN(C1C=CC=CC1)CO2. The number of benzene rings is 1. The van der Waals surface area contributed by atoms with Crippen LogP contribution in [0.2, 0.25) is 19.6 Å². The average molecular weight is 309 g/mol. The van der Waals surface area contributed by atoms with Crippen molar-refractivity contribution < 1.29 is 4.74 Å². The van der Waals surface area contributed by atoms with E-state index in [1.165, 1.54) is 5.56 Å². The van der Waals surface area contributed by atoms with E-state index >= 15 is 0 Å². The maximum absolute atomic E-state index is 5.92. The standard InChI is InChI=1S/C19H23NOSi/c1-22(2,3)12-11-16-9-10-19-17(13-16)14-20(15-21-19)18-7-5-4-6-8-18/h4-7,9-10,13,18H,8,14-15H2,1-3H3. The van der Waals surface area contributed by atoms with Gasteiger partial charge in [0.2, 0.25) is 0 Å². The van der Waals surface area contributed by atoms with Crippen LogP contribution in [0.3, 0.4) is 0 Å². The first-order valence-corrected chi connectivity index (χ1v) is 11.4. The van der Waals surface area contributed by atoms with Crippen molar-refractivity contribution in [1.82, 2.24) is 4.90 Å². The minimum atomic E-state index is -1.34. The van der Waals surface area contributed by atoms with Crippen molar-refractivity contribution in [1.29, 1.82) is 0 Å². The molecule has 1 aliphatic heterocycles. The Morgan fingerprint density at radius 1 is 1.23 bits per heavy atom. The summed E-state index contributed by atoms with van der Waals surface area (Å²) < 4.78 is 5.92. The molecule has 22 heavy (non-hydrogen) atoms. The second kappa shape index (κ2) is 6.16. The van der Waals surface area contributed by atoms with Crippen molar-refractivity contribution in [2.75, 3.05) is 6.73 Å². The fourth-order valence-corrected chi connectivity index (χ4v) is 3.17. The van der Waals surface area contributed by atoms with Crippen LogP contribution in [-0.2, 0) is 6.54 Å². The summed E-state index contributed by atoms with van der Waals surface area (Å²) in [6.45, 7) is 8.40. The van der Waals surface area contributed by atoms with Gasteiger partial charge in [-0.3, -0.25) is 4.90 Å². The molecule has 1 aromatic carbocycles. The third kappa shape index (κ3) is 3.71. The Hall–Kier alpha value is -1.76. The van der Waals surface area contributed by atoms with Gasteiger partial charge in [-0.05, 0) is 24.6 Å². The van der Waals surface area contributed by atoms with Crippen LogP contribution >= 0.6 is 0 Å². The first-order valence-electron chi connectivity index (χ1n) is 7.87. The lowest BCUT2D eigenvalue weighted by Gasteiger charge is -2.34. The topological polar surface area (TPSA) is 12.5 Å². The van der Waals surface area contributed by atoms with Gasteiger partial charge in [0.05, 0.1) is 0 Å². The third-order valence-electron chi connectivity index (χ3n) is 3.83. The monoisotopic (exact) mass is 309 g/mol. The second-order valence-electron chi connectivity index (χ2n) is 6.96. The fourth-order valence-electron chi connectivity index (χ4n) is 2.65. The van der Waals surface area contributed by atoms with Crippen molar-refractivity contribution >= 4 is 8.07 Å². The fraction of sp³-hybridized carbons (Fsp3) is 0.368. The van der Waals surface area contributed by atoms with Crippen LogP contribution in [0.1, 0.15) is 17.5 Å². The lowest BCUT2D eigenvalue weighted by atomic mass is 10.0. The van der Waals surface area contributed by atoms with Gasteiger partial charge in [0.25, 0.3) is 0 Å². The number of hydrogen-bond acceptors (Lipinski definition) is 2. The maximum atomic E-state index is 5.92. The van der Waals surface area contributed by atoms with E-state index in [0.717, 1.165) is 24.3 Å². The van der Waals surface area contributed by atoms with Gasteiger partial charge in [0.15, 0.2) is 0 Å². The summed E-state index contributed by atoms with van der Waals surface area (Å²) in [5, 5.41) is 0. The van der Waals surface area contributed by atoms with E-state index in [4.69, 9.17) is 4.74 Å². The van der Waals surface area contributed by atoms with Gasteiger partial charge < -0.3 is 4.74 Å². The molecular formula is C19H23NOSi. The third-order valence-corrected chi connectivity index (χ3v) is 4.70. The summed E-state index contributed by atoms with van der Waals surface area (Å²) in [6, 6.07) is 6.77. The lowest BCUT2D eigenvalue weighted by Crippen LogP contribution is -2.39. The van der Waals surface area contributed by atoms with E-state index in [1.54, 1.807) is 0 Å². The Balaban J connectivity index is 1.78. The second-order valence-corrected chi connectivity index (χ2v) is 11.7. The highest BCUT2D eigenvalue weighted by Gasteiger charge is 2.23. The van der Waals surface area contributed by atoms with Gasteiger partial charge in [-0.1, -0.05) is 49.9 Å². The van der Waals surface area contributed by atoms with Gasteiger partial charge in [-0.2, -0.15) is 0 Å². The van der Waals surface area contributed by atoms with Gasteiger partial charge in [-0.25, -0.2) is 0 Å². The van der Waals surface area contributed by atoms with Gasteiger partial charge >= 0.3 is 0 Å². The van der Waals surface area contributed by atoms with E-state index < -0.39 is 8.07 Å². The molecule has 0 amide bonds. The highest BCUT2D eigenvalue weighted by atomic mass is 28.3. The van der Waals surface area contributed by atoms with E-state index in [1.807, 2.05) is 0 Å². The highest BCUT2D eigenvalue weighted by Crippen LogP contribution is 2.28. The smallest absolute Gasteiger partial charge is 0.142 e. The van der Waals surface area contributed by atoms with Crippen LogP contribution in [0, 0.1) is 11.5 Å². The molecule has 0 radical (unpaired) electrons. The molecule has 1 atom stereocenters. The van der Waals surface area contributed by atoms with Gasteiger partial charge in [0.1, 0.15) is 20.6 Å². The molecule has 0 saturated heterocycles. The number of nitrogens with zero attached hydrogens (tertiary/aromatic N) is 1. The minimum Gasteiger partial charge on any atom is -0.478 e. The molecule has 1 heterocycles. The van der Waals surface area contributed by atoms with Crippen LogP contribution in [0.25, 0.3) is 0 Å². The van der Waals surface area contributed by atoms with Crippen LogP contribution in [-0.4, -0.2) is 25.7 Å². The zero-order chi connectivity index (χ0) is 15.6. The first-order chi connectivity index (χ1) is 10.5. The lowest BCUT2D eigenvalue weighted by molar-refractivity contribution is 0.0725. The number of rotatable bonds is 1.